The summed E-state index contributed by atoms with van der Waals surface area (Å²) >= 11 is 0. The highest BCUT2D eigenvalue weighted by Crippen LogP contribution is 2.24. The van der Waals surface area contributed by atoms with Gasteiger partial charge in [0.2, 0.25) is 5.89 Å². The largest absolute Gasteiger partial charge is 0.439 e. The first-order valence-electron chi connectivity index (χ1n) is 6.51. The van der Waals surface area contributed by atoms with Crippen molar-refractivity contribution < 1.29 is 4.42 Å². The SMILES string of the molecule is CCNCc1ncc(-c2ccc3ccccc3c2)o1. The van der Waals surface area contributed by atoms with E-state index in [2.05, 4.69) is 47.6 Å². The lowest BCUT2D eigenvalue weighted by Crippen LogP contribution is -2.11. The van der Waals surface area contributed by atoms with Crippen molar-refractivity contribution in [1.29, 1.82) is 0 Å². The average Bonchev–Trinajstić information content (AvgIpc) is 2.93. The molecule has 1 heterocycles. The van der Waals surface area contributed by atoms with Gasteiger partial charge < -0.3 is 9.73 Å². The topological polar surface area (TPSA) is 38.1 Å². The first-order chi connectivity index (χ1) is 9.36. The Morgan fingerprint density at radius 2 is 1.95 bits per heavy atom. The van der Waals surface area contributed by atoms with Gasteiger partial charge in [-0.3, -0.25) is 0 Å². The molecule has 0 aliphatic carbocycles. The van der Waals surface area contributed by atoms with E-state index >= 15 is 0 Å². The van der Waals surface area contributed by atoms with Gasteiger partial charge in [0.1, 0.15) is 0 Å². The fraction of sp³-hybridized carbons (Fsp3) is 0.188. The number of rotatable bonds is 4. The summed E-state index contributed by atoms with van der Waals surface area (Å²) in [4.78, 5) is 4.28. The summed E-state index contributed by atoms with van der Waals surface area (Å²) in [6.07, 6.45) is 1.79. The minimum Gasteiger partial charge on any atom is -0.439 e. The Bertz CT molecular complexity index is 688. The van der Waals surface area contributed by atoms with E-state index in [1.807, 2.05) is 12.1 Å². The van der Waals surface area contributed by atoms with E-state index in [1.165, 1.54) is 10.8 Å². The van der Waals surface area contributed by atoms with E-state index in [0.29, 0.717) is 6.54 Å². The van der Waals surface area contributed by atoms with Gasteiger partial charge in [-0.15, -0.1) is 0 Å². The zero-order chi connectivity index (χ0) is 13.1. The molecule has 0 amide bonds. The standard InChI is InChI=1S/C16H16N2O/c1-2-17-11-16-18-10-15(19-16)14-8-7-12-5-3-4-6-13(12)9-14/h3-10,17H,2,11H2,1H3. The van der Waals surface area contributed by atoms with Gasteiger partial charge in [0, 0.05) is 5.56 Å². The molecule has 3 nitrogen and oxygen atoms in total. The number of benzene rings is 2. The number of oxazole rings is 1. The molecule has 0 radical (unpaired) electrons. The van der Waals surface area contributed by atoms with Crippen molar-refractivity contribution in [1.82, 2.24) is 10.3 Å². The summed E-state index contributed by atoms with van der Waals surface area (Å²) in [7, 11) is 0. The molecule has 0 bridgehead atoms. The molecule has 0 aliphatic rings. The van der Waals surface area contributed by atoms with E-state index in [-0.39, 0.29) is 0 Å². The molecule has 19 heavy (non-hydrogen) atoms. The predicted octanol–water partition coefficient (Wildman–Crippen LogP) is 3.60. The van der Waals surface area contributed by atoms with Crippen LogP contribution in [0.25, 0.3) is 22.1 Å². The molecule has 0 aliphatic heterocycles. The third-order valence-corrected chi connectivity index (χ3v) is 3.11. The molecule has 2 aromatic carbocycles. The van der Waals surface area contributed by atoms with Gasteiger partial charge in [0.25, 0.3) is 0 Å². The lowest BCUT2D eigenvalue weighted by atomic mass is 10.1. The average molecular weight is 252 g/mol. The van der Waals surface area contributed by atoms with E-state index < -0.39 is 0 Å². The summed E-state index contributed by atoms with van der Waals surface area (Å²) < 4.78 is 5.75. The van der Waals surface area contributed by atoms with Crippen LogP contribution in [0.15, 0.2) is 53.1 Å². The van der Waals surface area contributed by atoms with Crippen molar-refractivity contribution in [2.75, 3.05) is 6.54 Å². The summed E-state index contributed by atoms with van der Waals surface area (Å²) in [5.41, 5.74) is 1.06. The van der Waals surface area contributed by atoms with Crippen molar-refractivity contribution in [2.45, 2.75) is 13.5 Å². The number of hydrogen-bond acceptors (Lipinski definition) is 3. The number of hydrogen-bond donors (Lipinski definition) is 1. The maximum absolute atomic E-state index is 5.75. The summed E-state index contributed by atoms with van der Waals surface area (Å²) in [6, 6.07) is 14.6. The zero-order valence-electron chi connectivity index (χ0n) is 10.9. The zero-order valence-corrected chi connectivity index (χ0v) is 10.9. The molecular formula is C16H16N2O. The number of nitrogens with zero attached hydrogens (tertiary/aromatic N) is 1. The second-order valence-electron chi connectivity index (χ2n) is 4.46. The molecule has 96 valence electrons. The molecule has 0 unspecified atom stereocenters. The molecule has 1 aromatic heterocycles. The number of nitrogens with one attached hydrogen (secondary N) is 1. The Morgan fingerprint density at radius 3 is 2.79 bits per heavy atom. The maximum Gasteiger partial charge on any atom is 0.208 e. The molecule has 0 atom stereocenters. The van der Waals surface area contributed by atoms with Crippen molar-refractivity contribution >= 4 is 10.8 Å². The van der Waals surface area contributed by atoms with Crippen LogP contribution in [0.1, 0.15) is 12.8 Å². The maximum atomic E-state index is 5.75. The Balaban J connectivity index is 1.92. The third kappa shape index (κ3) is 2.51. The summed E-state index contributed by atoms with van der Waals surface area (Å²) in [6.45, 7) is 3.64. The molecule has 0 saturated heterocycles. The van der Waals surface area contributed by atoms with Crippen molar-refractivity contribution in [3.05, 3.63) is 54.6 Å². The Morgan fingerprint density at radius 1 is 1.11 bits per heavy atom. The lowest BCUT2D eigenvalue weighted by molar-refractivity contribution is 0.482. The Kier molecular flexibility index (Phi) is 3.29. The van der Waals surface area contributed by atoms with Gasteiger partial charge in [0.15, 0.2) is 5.76 Å². The fourth-order valence-corrected chi connectivity index (χ4v) is 2.10. The molecule has 0 saturated carbocycles. The predicted molar refractivity (Wildman–Crippen MR) is 76.8 cm³/mol. The molecular weight excluding hydrogens is 236 g/mol. The number of aromatic nitrogens is 1. The highest BCUT2D eigenvalue weighted by Gasteiger charge is 2.06. The van der Waals surface area contributed by atoms with Gasteiger partial charge in [-0.25, -0.2) is 4.98 Å². The molecule has 0 fully saturated rings. The van der Waals surface area contributed by atoms with Crippen LogP contribution < -0.4 is 5.32 Å². The van der Waals surface area contributed by atoms with Crippen molar-refractivity contribution in [3.63, 3.8) is 0 Å². The van der Waals surface area contributed by atoms with Crippen LogP contribution in [-0.2, 0) is 6.54 Å². The molecule has 3 rings (SSSR count). The second-order valence-corrected chi connectivity index (χ2v) is 4.46. The van der Waals surface area contributed by atoms with Crippen LogP contribution in [0.5, 0.6) is 0 Å². The minimum atomic E-state index is 0.671. The Hall–Kier alpha value is -2.13. The van der Waals surface area contributed by atoms with Gasteiger partial charge in [-0.05, 0) is 23.4 Å². The molecule has 3 aromatic rings. The van der Waals surface area contributed by atoms with Crippen LogP contribution in [0.4, 0.5) is 0 Å². The van der Waals surface area contributed by atoms with Gasteiger partial charge in [-0.2, -0.15) is 0 Å². The fourth-order valence-electron chi connectivity index (χ4n) is 2.10. The van der Waals surface area contributed by atoms with Crippen molar-refractivity contribution in [2.24, 2.45) is 0 Å². The first-order valence-corrected chi connectivity index (χ1v) is 6.51. The van der Waals surface area contributed by atoms with Crippen LogP contribution in [0.3, 0.4) is 0 Å². The van der Waals surface area contributed by atoms with Gasteiger partial charge in [-0.1, -0.05) is 43.3 Å². The van der Waals surface area contributed by atoms with E-state index in [4.69, 9.17) is 4.42 Å². The summed E-state index contributed by atoms with van der Waals surface area (Å²) in [5, 5.41) is 5.65. The molecule has 3 heteroatoms. The van der Waals surface area contributed by atoms with Crippen molar-refractivity contribution in [3.8, 4) is 11.3 Å². The van der Waals surface area contributed by atoms with E-state index in [1.54, 1.807) is 6.20 Å². The molecule has 1 N–H and O–H groups in total. The van der Waals surface area contributed by atoms with E-state index in [9.17, 15) is 0 Å². The van der Waals surface area contributed by atoms with Gasteiger partial charge >= 0.3 is 0 Å². The van der Waals surface area contributed by atoms with E-state index in [0.717, 1.165) is 23.8 Å². The van der Waals surface area contributed by atoms with Crippen LogP contribution in [-0.4, -0.2) is 11.5 Å². The van der Waals surface area contributed by atoms with Crippen LogP contribution in [0, 0.1) is 0 Å². The number of fused-ring (bicyclic) bond motifs is 1. The normalized spacial score (nSPS) is 11.0. The van der Waals surface area contributed by atoms with Crippen LogP contribution >= 0.6 is 0 Å². The quantitative estimate of drug-likeness (QED) is 0.771. The van der Waals surface area contributed by atoms with Crippen LogP contribution in [0.2, 0.25) is 0 Å². The third-order valence-electron chi connectivity index (χ3n) is 3.11. The monoisotopic (exact) mass is 252 g/mol. The minimum absolute atomic E-state index is 0.671. The highest BCUT2D eigenvalue weighted by molar-refractivity contribution is 5.86. The second kappa shape index (κ2) is 5.24. The van der Waals surface area contributed by atoms with Gasteiger partial charge in [0.05, 0.1) is 12.7 Å². The lowest BCUT2D eigenvalue weighted by Gasteiger charge is -2.00. The Labute approximate surface area is 112 Å². The smallest absolute Gasteiger partial charge is 0.208 e. The summed E-state index contributed by atoms with van der Waals surface area (Å²) in [5.74, 6) is 1.55. The first kappa shape index (κ1) is 11.9. The highest BCUT2D eigenvalue weighted by atomic mass is 16.4. The molecule has 0 spiro atoms.